The molecular formula is C15H20FNOS2. The lowest BCUT2D eigenvalue weighted by Crippen LogP contribution is -2.44. The van der Waals surface area contributed by atoms with Gasteiger partial charge in [0.05, 0.1) is 5.60 Å². The quantitative estimate of drug-likeness (QED) is 0.897. The van der Waals surface area contributed by atoms with Crippen LogP contribution in [-0.4, -0.2) is 34.5 Å². The van der Waals surface area contributed by atoms with Crippen molar-refractivity contribution < 1.29 is 9.50 Å². The zero-order valence-corrected chi connectivity index (χ0v) is 13.0. The molecule has 0 bridgehead atoms. The maximum Gasteiger partial charge on any atom is 0.123 e. The Hall–Kier alpha value is -0.230. The molecule has 0 amide bonds. The number of benzene rings is 1. The van der Waals surface area contributed by atoms with Gasteiger partial charge in [0.25, 0.3) is 0 Å². The molecule has 110 valence electrons. The van der Waals surface area contributed by atoms with E-state index in [-0.39, 0.29) is 11.9 Å². The molecule has 2 aliphatic heterocycles. The van der Waals surface area contributed by atoms with E-state index in [4.69, 9.17) is 0 Å². The molecule has 1 unspecified atom stereocenters. The van der Waals surface area contributed by atoms with E-state index in [1.807, 2.05) is 17.8 Å². The fourth-order valence-corrected chi connectivity index (χ4v) is 5.18. The van der Waals surface area contributed by atoms with Gasteiger partial charge >= 0.3 is 0 Å². The van der Waals surface area contributed by atoms with Crippen LogP contribution in [0.3, 0.4) is 0 Å². The molecule has 0 spiro atoms. The van der Waals surface area contributed by atoms with Gasteiger partial charge in [0, 0.05) is 17.5 Å². The van der Waals surface area contributed by atoms with Gasteiger partial charge in [0.15, 0.2) is 0 Å². The lowest BCUT2D eigenvalue weighted by molar-refractivity contribution is 0.0293. The van der Waals surface area contributed by atoms with Gasteiger partial charge in [0.1, 0.15) is 5.82 Å². The number of nitrogens with one attached hydrogen (secondary N) is 1. The molecule has 2 N–H and O–H groups in total. The zero-order chi connectivity index (χ0) is 14.0. The van der Waals surface area contributed by atoms with E-state index in [1.54, 1.807) is 17.8 Å². The molecule has 1 fully saturated rings. The van der Waals surface area contributed by atoms with Crippen LogP contribution in [0.2, 0.25) is 0 Å². The highest BCUT2D eigenvalue weighted by Gasteiger charge is 2.31. The van der Waals surface area contributed by atoms with Crippen molar-refractivity contribution in [3.63, 3.8) is 0 Å². The van der Waals surface area contributed by atoms with E-state index < -0.39 is 5.60 Å². The summed E-state index contributed by atoms with van der Waals surface area (Å²) in [6.07, 6.45) is 2.69. The fourth-order valence-electron chi connectivity index (χ4n) is 2.82. The van der Waals surface area contributed by atoms with Crippen LogP contribution in [0.1, 0.15) is 30.9 Å². The third-order valence-corrected chi connectivity index (χ3v) is 6.22. The predicted octanol–water partition coefficient (Wildman–Crippen LogP) is 3.21. The third-order valence-electron chi connectivity index (χ3n) is 4.11. The van der Waals surface area contributed by atoms with Crippen molar-refractivity contribution in [3.8, 4) is 0 Å². The Morgan fingerprint density at radius 2 is 2.10 bits per heavy atom. The van der Waals surface area contributed by atoms with Crippen LogP contribution < -0.4 is 5.32 Å². The van der Waals surface area contributed by atoms with Crippen LogP contribution in [0.4, 0.5) is 4.39 Å². The number of aliphatic hydroxyl groups is 1. The van der Waals surface area contributed by atoms with E-state index in [2.05, 4.69) is 5.32 Å². The average molecular weight is 313 g/mol. The van der Waals surface area contributed by atoms with E-state index in [1.165, 1.54) is 11.0 Å². The summed E-state index contributed by atoms with van der Waals surface area (Å²) < 4.78 is 13.4. The van der Waals surface area contributed by atoms with Gasteiger partial charge in [-0.05, 0) is 60.3 Å². The lowest BCUT2D eigenvalue weighted by Gasteiger charge is -2.35. The topological polar surface area (TPSA) is 32.3 Å². The van der Waals surface area contributed by atoms with Gasteiger partial charge in [-0.15, -0.1) is 11.8 Å². The first-order chi connectivity index (χ1) is 9.66. The summed E-state index contributed by atoms with van der Waals surface area (Å²) in [6, 6.07) is 5.20. The number of hydrogen-bond donors (Lipinski definition) is 2. The average Bonchev–Trinajstić information content (AvgIpc) is 2.46. The molecule has 1 aromatic carbocycles. The maximum absolute atomic E-state index is 13.4. The van der Waals surface area contributed by atoms with Gasteiger partial charge in [-0.1, -0.05) is 0 Å². The summed E-state index contributed by atoms with van der Waals surface area (Å²) in [6.45, 7) is 0.610. The van der Waals surface area contributed by atoms with E-state index >= 15 is 0 Å². The molecule has 2 heterocycles. The number of thioether (sulfide) groups is 2. The predicted molar refractivity (Wildman–Crippen MR) is 84.0 cm³/mol. The molecule has 0 radical (unpaired) electrons. The Kier molecular flexibility index (Phi) is 4.60. The Morgan fingerprint density at radius 3 is 2.90 bits per heavy atom. The van der Waals surface area contributed by atoms with Crippen LogP contribution in [0.25, 0.3) is 0 Å². The molecule has 5 heteroatoms. The summed E-state index contributed by atoms with van der Waals surface area (Å²) in [7, 11) is 0. The molecule has 1 saturated heterocycles. The molecular weight excluding hydrogens is 293 g/mol. The Balaban J connectivity index is 1.68. The van der Waals surface area contributed by atoms with E-state index in [0.717, 1.165) is 42.1 Å². The van der Waals surface area contributed by atoms with Crippen molar-refractivity contribution in [3.05, 3.63) is 29.6 Å². The van der Waals surface area contributed by atoms with Crippen molar-refractivity contribution in [1.82, 2.24) is 5.32 Å². The summed E-state index contributed by atoms with van der Waals surface area (Å²) in [4.78, 5) is 1.17. The Bertz CT molecular complexity index is 477. The third kappa shape index (κ3) is 3.32. The molecule has 20 heavy (non-hydrogen) atoms. The Morgan fingerprint density at radius 1 is 1.30 bits per heavy atom. The minimum atomic E-state index is -0.580. The van der Waals surface area contributed by atoms with Crippen LogP contribution in [0.5, 0.6) is 0 Å². The van der Waals surface area contributed by atoms with Gasteiger partial charge in [-0.3, -0.25) is 0 Å². The van der Waals surface area contributed by atoms with Crippen molar-refractivity contribution in [2.75, 3.05) is 23.8 Å². The van der Waals surface area contributed by atoms with Gasteiger partial charge in [-0.2, -0.15) is 11.8 Å². The molecule has 1 atom stereocenters. The first-order valence-corrected chi connectivity index (χ1v) is 9.26. The molecule has 0 aliphatic carbocycles. The number of rotatable bonds is 3. The number of fused-ring (bicyclic) bond motifs is 1. The SMILES string of the molecule is OC1(CNC2CCSc3ccc(F)cc32)CCSCC1. The summed E-state index contributed by atoms with van der Waals surface area (Å²) in [5.74, 6) is 2.93. The first-order valence-electron chi connectivity index (χ1n) is 7.12. The van der Waals surface area contributed by atoms with Crippen LogP contribution in [0.15, 0.2) is 23.1 Å². The van der Waals surface area contributed by atoms with Crippen molar-refractivity contribution in [2.45, 2.75) is 35.8 Å². The molecule has 2 nitrogen and oxygen atoms in total. The normalized spacial score (nSPS) is 25.2. The highest BCUT2D eigenvalue weighted by molar-refractivity contribution is 7.99. The number of halogens is 1. The molecule has 1 aromatic rings. The van der Waals surface area contributed by atoms with E-state index in [0.29, 0.717) is 6.54 Å². The number of hydrogen-bond acceptors (Lipinski definition) is 4. The van der Waals surface area contributed by atoms with Gasteiger partial charge in [-0.25, -0.2) is 4.39 Å². The van der Waals surface area contributed by atoms with Crippen LogP contribution in [0, 0.1) is 5.82 Å². The molecule has 2 aliphatic rings. The van der Waals surface area contributed by atoms with Crippen molar-refractivity contribution in [1.29, 1.82) is 0 Å². The summed E-state index contributed by atoms with van der Waals surface area (Å²) in [5, 5.41) is 14.0. The van der Waals surface area contributed by atoms with Crippen LogP contribution >= 0.6 is 23.5 Å². The molecule has 0 saturated carbocycles. The standard InChI is InChI=1S/C15H20FNOS2/c16-11-1-2-14-12(9-11)13(3-6-20-14)17-10-15(18)4-7-19-8-5-15/h1-2,9,13,17-18H,3-8,10H2. The molecule has 3 rings (SSSR count). The largest absolute Gasteiger partial charge is 0.389 e. The van der Waals surface area contributed by atoms with Crippen molar-refractivity contribution in [2.24, 2.45) is 0 Å². The van der Waals surface area contributed by atoms with Gasteiger partial charge < -0.3 is 10.4 Å². The highest BCUT2D eigenvalue weighted by Crippen LogP contribution is 2.37. The summed E-state index contributed by atoms with van der Waals surface area (Å²) in [5.41, 5.74) is 0.471. The first kappa shape index (κ1) is 14.7. The monoisotopic (exact) mass is 313 g/mol. The highest BCUT2D eigenvalue weighted by atomic mass is 32.2. The lowest BCUT2D eigenvalue weighted by atomic mass is 9.95. The molecule has 0 aromatic heterocycles. The minimum Gasteiger partial charge on any atom is -0.389 e. The Labute approximate surface area is 127 Å². The van der Waals surface area contributed by atoms with E-state index in [9.17, 15) is 9.50 Å². The second kappa shape index (κ2) is 6.26. The smallest absolute Gasteiger partial charge is 0.123 e. The van der Waals surface area contributed by atoms with Crippen molar-refractivity contribution >= 4 is 23.5 Å². The second-order valence-corrected chi connectivity index (χ2v) is 7.95. The zero-order valence-electron chi connectivity index (χ0n) is 11.4. The maximum atomic E-state index is 13.4. The minimum absolute atomic E-state index is 0.167. The van der Waals surface area contributed by atoms with Gasteiger partial charge in [0.2, 0.25) is 0 Å². The second-order valence-electron chi connectivity index (χ2n) is 5.59. The van der Waals surface area contributed by atoms with Crippen LogP contribution in [-0.2, 0) is 0 Å². The fraction of sp³-hybridized carbons (Fsp3) is 0.600. The summed E-state index contributed by atoms with van der Waals surface area (Å²) >= 11 is 3.70.